The van der Waals surface area contributed by atoms with Crippen molar-refractivity contribution in [3.63, 3.8) is 0 Å². The first-order valence-corrected chi connectivity index (χ1v) is 13.8. The van der Waals surface area contributed by atoms with E-state index < -0.39 is 22.6 Å². The Morgan fingerprint density at radius 3 is 2.14 bits per heavy atom. The van der Waals surface area contributed by atoms with Gasteiger partial charge in [-0.1, -0.05) is 0 Å². The highest BCUT2D eigenvalue weighted by Crippen LogP contribution is 2.20. The summed E-state index contributed by atoms with van der Waals surface area (Å²) in [5.41, 5.74) is 0.277. The predicted molar refractivity (Wildman–Crippen MR) is 90.2 cm³/mol. The number of carbonyl (C=O) groups is 1. The van der Waals surface area contributed by atoms with Crippen LogP contribution < -0.4 is 4.74 Å². The van der Waals surface area contributed by atoms with Crippen LogP contribution in [0.15, 0.2) is 24.3 Å². The van der Waals surface area contributed by atoms with E-state index in [2.05, 4.69) is 32.7 Å². The highest BCUT2D eigenvalue weighted by molar-refractivity contribution is 6.84. The molecule has 0 aliphatic heterocycles. The molecule has 0 amide bonds. The quantitative estimate of drug-likeness (QED) is 0.574. The summed E-state index contributed by atoms with van der Waals surface area (Å²) in [4.78, 5) is 10.8. The molecule has 0 aromatic heterocycles. The molecule has 21 heavy (non-hydrogen) atoms. The van der Waals surface area contributed by atoms with Crippen LogP contribution in [0.4, 0.5) is 0 Å². The second kappa shape index (κ2) is 7.24. The topological polar surface area (TPSA) is 55.8 Å². The molecule has 1 aromatic carbocycles. The van der Waals surface area contributed by atoms with Gasteiger partial charge in [-0.05, 0) is 69.5 Å². The predicted octanol–water partition coefficient (Wildman–Crippen LogP) is 4.21. The van der Waals surface area contributed by atoms with E-state index in [0.29, 0.717) is 12.4 Å². The molecule has 0 radical (unpaired) electrons. The number of ether oxygens (including phenoxy) is 1. The zero-order valence-corrected chi connectivity index (χ0v) is 15.6. The summed E-state index contributed by atoms with van der Waals surface area (Å²) in [5.74, 6) is -0.205. The lowest BCUT2D eigenvalue weighted by Gasteiger charge is -2.31. The van der Waals surface area contributed by atoms with Crippen LogP contribution in [0.5, 0.6) is 5.75 Å². The van der Waals surface area contributed by atoms with Crippen LogP contribution in [-0.2, 0) is 4.12 Å². The number of carboxylic acids is 1. The fraction of sp³-hybridized carbons (Fsp3) is 0.533. The molecule has 4 nitrogen and oxygen atoms in total. The summed E-state index contributed by atoms with van der Waals surface area (Å²) in [6, 6.07) is 7.59. The van der Waals surface area contributed by atoms with Crippen molar-refractivity contribution in [2.75, 3.05) is 6.61 Å². The van der Waals surface area contributed by atoms with E-state index >= 15 is 0 Å². The number of benzene rings is 1. The Morgan fingerprint density at radius 1 is 1.10 bits per heavy atom. The molecule has 0 atom stereocenters. The molecule has 0 spiro atoms. The largest absolute Gasteiger partial charge is 0.494 e. The normalized spacial score (nSPS) is 12.2. The molecule has 0 heterocycles. The van der Waals surface area contributed by atoms with Gasteiger partial charge < -0.3 is 14.0 Å². The SMILES string of the molecule is C[Si](C)(C)O[Si](C)(C)CCCOc1ccc(C(=O)O)cc1. The van der Waals surface area contributed by atoms with Crippen LogP contribution in [-0.4, -0.2) is 34.3 Å². The smallest absolute Gasteiger partial charge is 0.335 e. The zero-order chi connectivity index (χ0) is 16.1. The van der Waals surface area contributed by atoms with Gasteiger partial charge in [-0.2, -0.15) is 0 Å². The van der Waals surface area contributed by atoms with E-state index in [-0.39, 0.29) is 5.56 Å². The van der Waals surface area contributed by atoms with Gasteiger partial charge in [0, 0.05) is 0 Å². The van der Waals surface area contributed by atoms with Gasteiger partial charge in [-0.3, -0.25) is 0 Å². The third kappa shape index (κ3) is 7.45. The first kappa shape index (κ1) is 17.9. The summed E-state index contributed by atoms with van der Waals surface area (Å²) in [6.45, 7) is 11.8. The maximum atomic E-state index is 10.8. The van der Waals surface area contributed by atoms with Gasteiger partial charge in [-0.15, -0.1) is 0 Å². The molecule has 118 valence electrons. The number of carboxylic acid groups (broad SMARTS) is 1. The monoisotopic (exact) mass is 326 g/mol. The zero-order valence-electron chi connectivity index (χ0n) is 13.6. The average Bonchev–Trinajstić information content (AvgIpc) is 2.32. The first-order valence-electron chi connectivity index (χ1n) is 7.25. The van der Waals surface area contributed by atoms with Crippen LogP contribution >= 0.6 is 0 Å². The highest BCUT2D eigenvalue weighted by atomic mass is 28.4. The summed E-state index contributed by atoms with van der Waals surface area (Å²) >= 11 is 0. The van der Waals surface area contributed by atoms with E-state index in [0.717, 1.165) is 12.5 Å². The van der Waals surface area contributed by atoms with Gasteiger partial charge in [0.25, 0.3) is 0 Å². The molecule has 0 aliphatic rings. The Bertz CT molecular complexity index is 464. The minimum absolute atomic E-state index is 0.277. The van der Waals surface area contributed by atoms with E-state index in [1.807, 2.05) is 0 Å². The molecule has 1 N–H and O–H groups in total. The van der Waals surface area contributed by atoms with Gasteiger partial charge in [0.15, 0.2) is 16.6 Å². The minimum Gasteiger partial charge on any atom is -0.494 e. The Morgan fingerprint density at radius 2 is 1.67 bits per heavy atom. The molecule has 6 heteroatoms. The van der Waals surface area contributed by atoms with Crippen LogP contribution in [0.1, 0.15) is 16.8 Å². The molecule has 0 unspecified atom stereocenters. The number of hydrogen-bond acceptors (Lipinski definition) is 3. The summed E-state index contributed by atoms with van der Waals surface area (Å²) in [7, 11) is -3.07. The standard InChI is InChI=1S/C15H26O4Si2/c1-20(2,3)19-21(4,5)12-6-11-18-14-9-7-13(8-10-14)15(16)17/h7-10H,6,11-12H2,1-5H3,(H,16,17). The lowest BCUT2D eigenvalue weighted by Crippen LogP contribution is -2.42. The fourth-order valence-electron chi connectivity index (χ4n) is 2.26. The van der Waals surface area contributed by atoms with Gasteiger partial charge in [0.05, 0.1) is 12.2 Å². The van der Waals surface area contributed by atoms with Crippen LogP contribution in [0.25, 0.3) is 0 Å². The number of rotatable bonds is 8. The van der Waals surface area contributed by atoms with Crippen molar-refractivity contribution < 1.29 is 18.8 Å². The van der Waals surface area contributed by atoms with Crippen LogP contribution in [0.3, 0.4) is 0 Å². The second-order valence-corrected chi connectivity index (χ2v) is 15.8. The average molecular weight is 327 g/mol. The molecule has 1 rings (SSSR count). The number of hydrogen-bond donors (Lipinski definition) is 1. The molecule has 0 saturated carbocycles. The van der Waals surface area contributed by atoms with Crippen molar-refractivity contribution in [1.29, 1.82) is 0 Å². The Balaban J connectivity index is 2.35. The Hall–Kier alpha value is -1.12. The lowest BCUT2D eigenvalue weighted by molar-refractivity contribution is 0.0697. The van der Waals surface area contributed by atoms with E-state index in [1.165, 1.54) is 0 Å². The molecule has 0 saturated heterocycles. The van der Waals surface area contributed by atoms with Crippen molar-refractivity contribution in [3.05, 3.63) is 29.8 Å². The van der Waals surface area contributed by atoms with Gasteiger partial charge >= 0.3 is 5.97 Å². The van der Waals surface area contributed by atoms with Gasteiger partial charge in [0.1, 0.15) is 5.75 Å². The summed E-state index contributed by atoms with van der Waals surface area (Å²) in [6.07, 6.45) is 0.963. The molecule has 0 aliphatic carbocycles. The third-order valence-corrected chi connectivity index (χ3v) is 9.09. The highest BCUT2D eigenvalue weighted by Gasteiger charge is 2.28. The van der Waals surface area contributed by atoms with Crippen molar-refractivity contribution in [3.8, 4) is 5.75 Å². The maximum Gasteiger partial charge on any atom is 0.335 e. The summed E-state index contributed by atoms with van der Waals surface area (Å²) in [5, 5.41) is 8.83. The summed E-state index contributed by atoms with van der Waals surface area (Å²) < 4.78 is 11.9. The Labute approximate surface area is 129 Å². The van der Waals surface area contributed by atoms with Gasteiger partial charge in [0.2, 0.25) is 0 Å². The van der Waals surface area contributed by atoms with Crippen LogP contribution in [0, 0.1) is 0 Å². The number of aromatic carboxylic acids is 1. The van der Waals surface area contributed by atoms with Crippen molar-refractivity contribution in [2.45, 2.75) is 45.2 Å². The molecule has 0 bridgehead atoms. The maximum absolute atomic E-state index is 10.8. The molecule has 1 aromatic rings. The third-order valence-electron chi connectivity index (χ3n) is 2.88. The molecule has 0 fully saturated rings. The van der Waals surface area contributed by atoms with Crippen LogP contribution in [0.2, 0.25) is 38.8 Å². The fourth-order valence-corrected chi connectivity index (χ4v) is 10.3. The molecular formula is C15H26O4Si2. The minimum atomic E-state index is -1.60. The van der Waals surface area contributed by atoms with Crippen molar-refractivity contribution >= 4 is 22.6 Å². The van der Waals surface area contributed by atoms with Gasteiger partial charge in [-0.25, -0.2) is 4.79 Å². The van der Waals surface area contributed by atoms with Crippen molar-refractivity contribution in [2.24, 2.45) is 0 Å². The van der Waals surface area contributed by atoms with E-state index in [9.17, 15) is 4.79 Å². The lowest BCUT2D eigenvalue weighted by atomic mass is 10.2. The molecular weight excluding hydrogens is 300 g/mol. The Kier molecular flexibility index (Phi) is 6.18. The van der Waals surface area contributed by atoms with E-state index in [1.54, 1.807) is 24.3 Å². The first-order chi connectivity index (χ1) is 9.59. The second-order valence-electron chi connectivity index (χ2n) is 6.76. The van der Waals surface area contributed by atoms with E-state index in [4.69, 9.17) is 14.0 Å². The van der Waals surface area contributed by atoms with Crippen molar-refractivity contribution in [1.82, 2.24) is 0 Å².